The van der Waals surface area contributed by atoms with Crippen LogP contribution in [0.3, 0.4) is 0 Å². The first-order chi connectivity index (χ1) is 6.31. The molecular formula is C10H19ClN2O. The predicted octanol–water partition coefficient (Wildman–Crippen LogP) is 1.02. The minimum atomic E-state index is 0. The van der Waals surface area contributed by atoms with Gasteiger partial charge in [-0.2, -0.15) is 0 Å². The number of carbonyl (C=O) groups excluding carboxylic acids is 1. The number of nitrogens with zero attached hydrogens (tertiary/aromatic N) is 1. The molecule has 2 fully saturated rings. The van der Waals surface area contributed by atoms with Crippen molar-refractivity contribution < 1.29 is 4.79 Å². The second-order valence-corrected chi connectivity index (χ2v) is 4.28. The molecule has 1 heterocycles. The maximum atomic E-state index is 11.7. The number of halogens is 1. The van der Waals surface area contributed by atoms with Crippen LogP contribution in [-0.2, 0) is 4.79 Å². The summed E-state index contributed by atoms with van der Waals surface area (Å²) in [7, 11) is 0. The van der Waals surface area contributed by atoms with Crippen molar-refractivity contribution in [2.24, 2.45) is 17.6 Å². The predicted molar refractivity (Wildman–Crippen MR) is 58.3 cm³/mol. The van der Waals surface area contributed by atoms with Gasteiger partial charge in [0.05, 0.1) is 0 Å². The Morgan fingerprint density at radius 1 is 1.21 bits per heavy atom. The van der Waals surface area contributed by atoms with E-state index in [0.29, 0.717) is 17.7 Å². The van der Waals surface area contributed by atoms with Crippen molar-refractivity contribution in [3.63, 3.8) is 0 Å². The van der Waals surface area contributed by atoms with Crippen LogP contribution in [-0.4, -0.2) is 30.4 Å². The topological polar surface area (TPSA) is 46.3 Å². The van der Waals surface area contributed by atoms with Crippen LogP contribution in [0.1, 0.15) is 25.7 Å². The van der Waals surface area contributed by atoms with Gasteiger partial charge in [0, 0.05) is 19.0 Å². The average molecular weight is 219 g/mol. The van der Waals surface area contributed by atoms with Gasteiger partial charge in [0.15, 0.2) is 0 Å². The Hall–Kier alpha value is -0.280. The van der Waals surface area contributed by atoms with Crippen LogP contribution in [0.25, 0.3) is 0 Å². The molecule has 2 aliphatic rings. The fraction of sp³-hybridized carbons (Fsp3) is 0.900. The lowest BCUT2D eigenvalue weighted by atomic mass is 9.97. The van der Waals surface area contributed by atoms with Gasteiger partial charge in [0.25, 0.3) is 0 Å². The van der Waals surface area contributed by atoms with E-state index in [2.05, 4.69) is 0 Å². The number of piperidine rings is 1. The lowest BCUT2D eigenvalue weighted by Crippen LogP contribution is -2.40. The van der Waals surface area contributed by atoms with Gasteiger partial charge in [-0.15, -0.1) is 12.4 Å². The minimum Gasteiger partial charge on any atom is -0.342 e. The normalized spacial score (nSPS) is 23.1. The molecule has 0 atom stereocenters. The largest absolute Gasteiger partial charge is 0.342 e. The van der Waals surface area contributed by atoms with E-state index in [9.17, 15) is 4.79 Å². The van der Waals surface area contributed by atoms with Gasteiger partial charge >= 0.3 is 0 Å². The van der Waals surface area contributed by atoms with Gasteiger partial charge in [0.1, 0.15) is 0 Å². The van der Waals surface area contributed by atoms with Crippen LogP contribution in [0.2, 0.25) is 0 Å². The molecule has 14 heavy (non-hydrogen) atoms. The van der Waals surface area contributed by atoms with E-state index < -0.39 is 0 Å². The highest BCUT2D eigenvalue weighted by molar-refractivity contribution is 5.85. The van der Waals surface area contributed by atoms with Crippen LogP contribution < -0.4 is 5.73 Å². The molecule has 2 rings (SSSR count). The maximum Gasteiger partial charge on any atom is 0.225 e. The van der Waals surface area contributed by atoms with Gasteiger partial charge in [-0.25, -0.2) is 0 Å². The van der Waals surface area contributed by atoms with E-state index >= 15 is 0 Å². The third kappa shape index (κ3) is 2.61. The monoisotopic (exact) mass is 218 g/mol. The number of hydrogen-bond donors (Lipinski definition) is 1. The molecule has 0 radical (unpaired) electrons. The molecule has 1 aliphatic heterocycles. The Balaban J connectivity index is 0.000000980. The highest BCUT2D eigenvalue weighted by Gasteiger charge is 2.34. The van der Waals surface area contributed by atoms with E-state index in [0.717, 1.165) is 45.3 Å². The molecule has 0 aromatic heterocycles. The fourth-order valence-corrected chi connectivity index (χ4v) is 1.98. The van der Waals surface area contributed by atoms with E-state index in [-0.39, 0.29) is 12.4 Å². The summed E-state index contributed by atoms with van der Waals surface area (Å²) in [5.74, 6) is 1.44. The summed E-state index contributed by atoms with van der Waals surface area (Å²) in [5, 5.41) is 0. The van der Waals surface area contributed by atoms with Crippen LogP contribution in [0, 0.1) is 11.8 Å². The number of carbonyl (C=O) groups is 1. The third-order valence-electron chi connectivity index (χ3n) is 3.19. The minimum absolute atomic E-state index is 0. The van der Waals surface area contributed by atoms with Crippen LogP contribution in [0.5, 0.6) is 0 Å². The summed E-state index contributed by atoms with van der Waals surface area (Å²) >= 11 is 0. The zero-order chi connectivity index (χ0) is 9.26. The van der Waals surface area contributed by atoms with Crippen molar-refractivity contribution in [3.05, 3.63) is 0 Å². The lowest BCUT2D eigenvalue weighted by molar-refractivity contribution is -0.133. The second kappa shape index (κ2) is 4.99. The maximum absolute atomic E-state index is 11.7. The Kier molecular flexibility index (Phi) is 4.20. The van der Waals surface area contributed by atoms with Crippen molar-refractivity contribution >= 4 is 18.3 Å². The first kappa shape index (κ1) is 11.8. The number of nitrogens with two attached hydrogens (primary N) is 1. The van der Waals surface area contributed by atoms with Gasteiger partial charge in [0.2, 0.25) is 5.91 Å². The van der Waals surface area contributed by atoms with Crippen molar-refractivity contribution in [1.82, 2.24) is 4.90 Å². The zero-order valence-corrected chi connectivity index (χ0v) is 9.26. The van der Waals surface area contributed by atoms with E-state index in [4.69, 9.17) is 5.73 Å². The summed E-state index contributed by atoms with van der Waals surface area (Å²) in [5.41, 5.74) is 5.59. The second-order valence-electron chi connectivity index (χ2n) is 4.28. The molecule has 2 N–H and O–H groups in total. The van der Waals surface area contributed by atoms with Crippen LogP contribution >= 0.6 is 12.4 Å². The molecule has 0 aromatic rings. The first-order valence-electron chi connectivity index (χ1n) is 5.30. The van der Waals surface area contributed by atoms with Crippen molar-refractivity contribution in [3.8, 4) is 0 Å². The standard InChI is InChI=1S/C10H18N2O.ClH/c11-7-8-3-5-12(6-4-8)10(13)9-1-2-9;/h8-9H,1-7,11H2;1H. The molecule has 0 spiro atoms. The number of amides is 1. The summed E-state index contributed by atoms with van der Waals surface area (Å²) < 4.78 is 0. The number of hydrogen-bond acceptors (Lipinski definition) is 2. The number of likely N-dealkylation sites (tertiary alicyclic amines) is 1. The molecule has 0 aromatic carbocycles. The summed E-state index contributed by atoms with van der Waals surface area (Å²) in [6, 6.07) is 0. The molecule has 1 amide bonds. The summed E-state index contributed by atoms with van der Waals surface area (Å²) in [4.78, 5) is 13.7. The van der Waals surface area contributed by atoms with E-state index in [1.165, 1.54) is 0 Å². The van der Waals surface area contributed by atoms with E-state index in [1.54, 1.807) is 0 Å². The molecule has 3 nitrogen and oxygen atoms in total. The molecule has 82 valence electrons. The zero-order valence-electron chi connectivity index (χ0n) is 8.45. The molecule has 0 bridgehead atoms. The fourth-order valence-electron chi connectivity index (χ4n) is 1.98. The highest BCUT2D eigenvalue weighted by atomic mass is 35.5. The van der Waals surface area contributed by atoms with Crippen LogP contribution in [0.4, 0.5) is 0 Å². The third-order valence-corrected chi connectivity index (χ3v) is 3.19. The average Bonchev–Trinajstić information content (AvgIpc) is 3.00. The lowest BCUT2D eigenvalue weighted by Gasteiger charge is -2.31. The van der Waals surface area contributed by atoms with Crippen molar-refractivity contribution in [1.29, 1.82) is 0 Å². The van der Waals surface area contributed by atoms with Gasteiger partial charge < -0.3 is 10.6 Å². The van der Waals surface area contributed by atoms with Gasteiger partial charge in [-0.3, -0.25) is 4.79 Å². The smallest absolute Gasteiger partial charge is 0.225 e. The summed E-state index contributed by atoms with van der Waals surface area (Å²) in [6.45, 7) is 2.67. The van der Waals surface area contributed by atoms with Gasteiger partial charge in [-0.1, -0.05) is 0 Å². The van der Waals surface area contributed by atoms with Crippen molar-refractivity contribution in [2.75, 3.05) is 19.6 Å². The highest BCUT2D eigenvalue weighted by Crippen LogP contribution is 2.32. The molecule has 0 unspecified atom stereocenters. The Bertz CT molecular complexity index is 198. The Labute approximate surface area is 91.4 Å². The molecular weight excluding hydrogens is 200 g/mol. The van der Waals surface area contributed by atoms with E-state index in [1.807, 2.05) is 4.90 Å². The molecule has 1 aliphatic carbocycles. The van der Waals surface area contributed by atoms with Gasteiger partial charge in [-0.05, 0) is 38.1 Å². The summed E-state index contributed by atoms with van der Waals surface area (Å²) in [6.07, 6.45) is 4.45. The Morgan fingerprint density at radius 3 is 2.21 bits per heavy atom. The van der Waals surface area contributed by atoms with Crippen LogP contribution in [0.15, 0.2) is 0 Å². The molecule has 4 heteroatoms. The SMILES string of the molecule is Cl.NCC1CCN(C(=O)C2CC2)CC1. The first-order valence-corrected chi connectivity index (χ1v) is 5.30. The Morgan fingerprint density at radius 2 is 1.79 bits per heavy atom. The number of rotatable bonds is 2. The van der Waals surface area contributed by atoms with Crippen molar-refractivity contribution in [2.45, 2.75) is 25.7 Å². The molecule has 1 saturated carbocycles. The quantitative estimate of drug-likeness (QED) is 0.752. The molecule has 1 saturated heterocycles.